The molecule has 0 unspecified atom stereocenters. The molecule has 0 aliphatic rings. The summed E-state index contributed by atoms with van der Waals surface area (Å²) >= 11 is 6.14. The van der Waals surface area contributed by atoms with Gasteiger partial charge in [0.2, 0.25) is 0 Å². The number of rotatable bonds is 5. The third-order valence-corrected chi connectivity index (χ3v) is 6.38. The van der Waals surface area contributed by atoms with Gasteiger partial charge in [-0.15, -0.1) is 5.10 Å². The number of nitriles is 2. The van der Waals surface area contributed by atoms with E-state index in [4.69, 9.17) is 16.9 Å². The van der Waals surface area contributed by atoms with E-state index in [0.717, 1.165) is 5.56 Å². The number of aromatic nitrogens is 4. The molecule has 2 heterocycles. The van der Waals surface area contributed by atoms with Crippen LogP contribution in [0.15, 0.2) is 82.4 Å². The minimum Gasteiger partial charge on any atom is -0.267 e. The van der Waals surface area contributed by atoms with Crippen LogP contribution in [-0.4, -0.2) is 19.0 Å². The summed E-state index contributed by atoms with van der Waals surface area (Å²) in [5.41, 5.74) is 3.27. The molecule has 180 valence electrons. The Bertz CT molecular complexity index is 1830. The van der Waals surface area contributed by atoms with Crippen molar-refractivity contribution < 1.29 is 0 Å². The SMILES string of the molecule is CCn1nc2c(-c3ccc(Cl)cc3)c(-c3ccc(C#N)cc3)c(=O)n(Cc3ccc(C#N)cc3)n2c1=O. The predicted octanol–water partition coefficient (Wildman–Crippen LogP) is 4.46. The minimum atomic E-state index is -0.440. The number of aryl methyl sites for hydroxylation is 1. The maximum Gasteiger partial charge on any atom is 0.365 e. The van der Waals surface area contributed by atoms with Crippen molar-refractivity contribution in [3.8, 4) is 34.4 Å². The van der Waals surface area contributed by atoms with Crippen molar-refractivity contribution in [2.75, 3.05) is 0 Å². The normalized spacial score (nSPS) is 10.8. The first-order chi connectivity index (χ1) is 17.9. The summed E-state index contributed by atoms with van der Waals surface area (Å²) in [6.07, 6.45) is 0. The molecule has 0 atom stereocenters. The predicted molar refractivity (Wildman–Crippen MR) is 140 cm³/mol. The second-order valence-corrected chi connectivity index (χ2v) is 8.79. The highest BCUT2D eigenvalue weighted by Crippen LogP contribution is 2.33. The van der Waals surface area contributed by atoms with Gasteiger partial charge in [-0.2, -0.15) is 15.0 Å². The zero-order valence-corrected chi connectivity index (χ0v) is 20.5. The van der Waals surface area contributed by atoms with Crippen LogP contribution < -0.4 is 11.2 Å². The molecule has 0 bridgehead atoms. The van der Waals surface area contributed by atoms with Crippen molar-refractivity contribution in [1.29, 1.82) is 10.5 Å². The molecule has 37 heavy (non-hydrogen) atoms. The molecule has 5 rings (SSSR count). The van der Waals surface area contributed by atoms with Gasteiger partial charge in [0.05, 0.1) is 35.4 Å². The fourth-order valence-corrected chi connectivity index (χ4v) is 4.41. The van der Waals surface area contributed by atoms with Crippen molar-refractivity contribution in [3.05, 3.63) is 115 Å². The van der Waals surface area contributed by atoms with Crippen LogP contribution in [0.3, 0.4) is 0 Å². The standard InChI is InChI=1S/C28H19ClN6O2/c1-2-33-28(37)35-26(32-33)24(21-11-13-23(29)14-12-21)25(22-9-7-19(16-31)8-10-22)27(36)34(35)17-20-5-3-18(15-30)4-6-20/h3-14H,2,17H2,1H3. The minimum absolute atomic E-state index is 0.0839. The lowest BCUT2D eigenvalue weighted by molar-refractivity contribution is 0.559. The monoisotopic (exact) mass is 506 g/mol. The third kappa shape index (κ3) is 4.20. The van der Waals surface area contributed by atoms with Gasteiger partial charge in [-0.1, -0.05) is 48.0 Å². The van der Waals surface area contributed by atoms with Crippen LogP contribution in [0, 0.1) is 22.7 Å². The van der Waals surface area contributed by atoms with Crippen LogP contribution in [0.25, 0.3) is 27.9 Å². The summed E-state index contributed by atoms with van der Waals surface area (Å²) in [4.78, 5) is 27.6. The number of benzene rings is 3. The van der Waals surface area contributed by atoms with E-state index in [0.29, 0.717) is 50.6 Å². The van der Waals surface area contributed by atoms with Gasteiger partial charge in [0.15, 0.2) is 5.65 Å². The van der Waals surface area contributed by atoms with Crippen LogP contribution in [0.4, 0.5) is 0 Å². The molecule has 0 aliphatic heterocycles. The van der Waals surface area contributed by atoms with Crippen LogP contribution >= 0.6 is 11.6 Å². The Labute approximate surface area is 216 Å². The number of halogens is 1. The highest BCUT2D eigenvalue weighted by molar-refractivity contribution is 6.30. The average molecular weight is 507 g/mol. The molecule has 0 saturated heterocycles. The molecule has 0 aliphatic carbocycles. The van der Waals surface area contributed by atoms with Crippen LogP contribution in [0.5, 0.6) is 0 Å². The van der Waals surface area contributed by atoms with Gasteiger partial charge in [-0.25, -0.2) is 14.2 Å². The molecular formula is C28H19ClN6O2. The molecule has 0 radical (unpaired) electrons. The zero-order valence-electron chi connectivity index (χ0n) is 19.7. The van der Waals surface area contributed by atoms with Crippen LogP contribution in [0.2, 0.25) is 5.02 Å². The Hall–Kier alpha value is -4.92. The van der Waals surface area contributed by atoms with Crippen LogP contribution in [0.1, 0.15) is 23.6 Å². The topological polar surface area (TPSA) is 109 Å². The highest BCUT2D eigenvalue weighted by atomic mass is 35.5. The Morgan fingerprint density at radius 2 is 1.35 bits per heavy atom. The van der Waals surface area contributed by atoms with Crippen molar-refractivity contribution in [3.63, 3.8) is 0 Å². The summed E-state index contributed by atoms with van der Waals surface area (Å²) < 4.78 is 3.98. The Morgan fingerprint density at radius 3 is 1.92 bits per heavy atom. The number of nitrogens with zero attached hydrogens (tertiary/aromatic N) is 6. The van der Waals surface area contributed by atoms with Gasteiger partial charge in [0.1, 0.15) is 0 Å². The summed E-state index contributed by atoms with van der Waals surface area (Å²) in [5, 5.41) is 23.5. The fourth-order valence-electron chi connectivity index (χ4n) is 4.29. The molecule has 0 spiro atoms. The first-order valence-corrected chi connectivity index (χ1v) is 11.8. The second-order valence-electron chi connectivity index (χ2n) is 8.35. The van der Waals surface area contributed by atoms with Crippen molar-refractivity contribution in [1.82, 2.24) is 19.0 Å². The van der Waals surface area contributed by atoms with E-state index in [9.17, 15) is 14.9 Å². The van der Waals surface area contributed by atoms with Gasteiger partial charge < -0.3 is 0 Å². The second kappa shape index (κ2) is 9.62. The quantitative estimate of drug-likeness (QED) is 0.349. The molecular weight excluding hydrogens is 488 g/mol. The smallest absolute Gasteiger partial charge is 0.267 e. The van der Waals surface area contributed by atoms with E-state index in [2.05, 4.69) is 17.2 Å². The van der Waals surface area contributed by atoms with Gasteiger partial charge in [0, 0.05) is 17.1 Å². The number of hydrogen-bond donors (Lipinski definition) is 0. The van der Waals surface area contributed by atoms with Gasteiger partial charge in [0.25, 0.3) is 5.56 Å². The summed E-state index contributed by atoms with van der Waals surface area (Å²) in [5.74, 6) is 0. The Kier molecular flexibility index (Phi) is 6.19. The lowest BCUT2D eigenvalue weighted by Gasteiger charge is -2.16. The van der Waals surface area contributed by atoms with E-state index >= 15 is 0 Å². The first kappa shape index (κ1) is 23.8. The lowest BCUT2D eigenvalue weighted by Crippen LogP contribution is -2.35. The highest BCUT2D eigenvalue weighted by Gasteiger charge is 2.24. The van der Waals surface area contributed by atoms with Gasteiger partial charge >= 0.3 is 5.69 Å². The number of hydrogen-bond acceptors (Lipinski definition) is 5. The van der Waals surface area contributed by atoms with E-state index in [1.54, 1.807) is 79.7 Å². The molecule has 3 aromatic carbocycles. The van der Waals surface area contributed by atoms with E-state index in [1.165, 1.54) is 13.9 Å². The number of fused-ring (bicyclic) bond motifs is 1. The van der Waals surface area contributed by atoms with Crippen LogP contribution in [-0.2, 0) is 13.1 Å². The average Bonchev–Trinajstić information content (AvgIpc) is 3.26. The zero-order chi connectivity index (χ0) is 26.1. The molecule has 0 N–H and O–H groups in total. The Morgan fingerprint density at radius 1 is 0.811 bits per heavy atom. The van der Waals surface area contributed by atoms with E-state index in [-0.39, 0.29) is 6.54 Å². The lowest BCUT2D eigenvalue weighted by atomic mass is 9.96. The first-order valence-electron chi connectivity index (χ1n) is 11.5. The van der Waals surface area contributed by atoms with Crippen molar-refractivity contribution in [2.24, 2.45) is 0 Å². The Balaban J connectivity index is 1.89. The fraction of sp³-hybridized carbons (Fsp3) is 0.107. The largest absolute Gasteiger partial charge is 0.365 e. The summed E-state index contributed by atoms with van der Waals surface area (Å²) in [7, 11) is 0. The molecule has 8 nitrogen and oxygen atoms in total. The summed E-state index contributed by atoms with van der Waals surface area (Å²) in [6, 6.07) is 24.7. The van der Waals surface area contributed by atoms with E-state index < -0.39 is 11.2 Å². The maximum absolute atomic E-state index is 14.2. The molecule has 0 fully saturated rings. The third-order valence-electron chi connectivity index (χ3n) is 6.13. The van der Waals surface area contributed by atoms with Gasteiger partial charge in [-0.3, -0.25) is 4.79 Å². The van der Waals surface area contributed by atoms with E-state index in [1.807, 2.05) is 0 Å². The molecule has 0 amide bonds. The van der Waals surface area contributed by atoms with Crippen molar-refractivity contribution in [2.45, 2.75) is 20.0 Å². The van der Waals surface area contributed by atoms with Gasteiger partial charge in [-0.05, 0) is 60.0 Å². The molecule has 0 saturated carbocycles. The molecule has 9 heteroatoms. The van der Waals surface area contributed by atoms with Crippen molar-refractivity contribution >= 4 is 17.2 Å². The maximum atomic E-state index is 14.2. The molecule has 5 aromatic rings. The summed E-state index contributed by atoms with van der Waals surface area (Å²) in [6.45, 7) is 2.21. The molecule has 2 aromatic heterocycles.